The molecule has 0 aliphatic heterocycles. The molecule has 1 heterocycles. The van der Waals surface area contributed by atoms with Crippen molar-refractivity contribution in [2.24, 2.45) is 5.14 Å². The monoisotopic (exact) mass is 413 g/mol. The Morgan fingerprint density at radius 2 is 1.59 bits per heavy atom. The first kappa shape index (κ1) is 20.8. The molecule has 0 atom stereocenters. The molecular weight excluding hydrogens is 390 g/mol. The highest BCUT2D eigenvalue weighted by molar-refractivity contribution is 7.88. The van der Waals surface area contributed by atoms with Gasteiger partial charge in [0.1, 0.15) is 29.7 Å². The maximum atomic E-state index is 11.2. The second kappa shape index (κ2) is 8.18. The van der Waals surface area contributed by atoms with Crippen LogP contribution >= 0.6 is 0 Å². The van der Waals surface area contributed by atoms with Gasteiger partial charge in [-0.25, -0.2) is 23.5 Å². The molecule has 0 bridgehead atoms. The van der Waals surface area contributed by atoms with Crippen molar-refractivity contribution in [3.63, 3.8) is 0 Å². The molecule has 3 aromatic rings. The van der Waals surface area contributed by atoms with Crippen molar-refractivity contribution in [1.29, 1.82) is 0 Å². The Hall–Kier alpha value is -2.97. The smallest absolute Gasteiger partial charge is 0.216 e. The van der Waals surface area contributed by atoms with Gasteiger partial charge in [-0.2, -0.15) is 0 Å². The number of aromatic hydroxyl groups is 1. The molecule has 0 unspecified atom stereocenters. The molecule has 0 aliphatic rings. The van der Waals surface area contributed by atoms with Crippen LogP contribution in [0.3, 0.4) is 0 Å². The van der Waals surface area contributed by atoms with E-state index in [0.717, 1.165) is 11.1 Å². The van der Waals surface area contributed by atoms with E-state index < -0.39 is 15.8 Å². The van der Waals surface area contributed by atoms with E-state index in [-0.39, 0.29) is 23.6 Å². The number of nitrogens with two attached hydrogens (primary N) is 1. The Kier molecular flexibility index (Phi) is 5.86. The highest BCUT2D eigenvalue weighted by Gasteiger charge is 2.23. The van der Waals surface area contributed by atoms with E-state index in [1.807, 2.05) is 36.4 Å². The normalized spacial score (nSPS) is 12.0. The lowest BCUT2D eigenvalue weighted by Gasteiger charge is -2.26. The second-order valence-corrected chi connectivity index (χ2v) is 8.87. The fourth-order valence-electron chi connectivity index (χ4n) is 2.94. The van der Waals surface area contributed by atoms with E-state index in [4.69, 9.17) is 9.88 Å². The van der Waals surface area contributed by atoms with Crippen LogP contribution in [-0.2, 0) is 27.8 Å². The minimum Gasteiger partial charge on any atom is -0.508 e. The van der Waals surface area contributed by atoms with E-state index in [1.165, 1.54) is 6.20 Å². The number of benzene rings is 2. The summed E-state index contributed by atoms with van der Waals surface area (Å²) in [6.45, 7) is 4.41. The van der Waals surface area contributed by atoms with Crippen LogP contribution in [0.1, 0.15) is 36.5 Å². The highest BCUT2D eigenvalue weighted by atomic mass is 32.2. The molecular formula is C21H23N3O4S. The van der Waals surface area contributed by atoms with Gasteiger partial charge in [0.05, 0.1) is 5.69 Å². The SMILES string of the molecule is CC(C)(c1ccc(O)cc1)c1ccc(OCc2ccnc(CS(N)(=O)=O)n2)cc1. The summed E-state index contributed by atoms with van der Waals surface area (Å²) < 4.78 is 28.1. The van der Waals surface area contributed by atoms with E-state index in [9.17, 15) is 13.5 Å². The van der Waals surface area contributed by atoms with Crippen molar-refractivity contribution < 1.29 is 18.3 Å². The number of phenolic OH excluding ortho intramolecular Hbond substituents is 1. The summed E-state index contributed by atoms with van der Waals surface area (Å²) in [6.07, 6.45) is 1.48. The van der Waals surface area contributed by atoms with E-state index >= 15 is 0 Å². The molecule has 0 fully saturated rings. The number of hydrogen-bond donors (Lipinski definition) is 2. The molecule has 2 aromatic carbocycles. The third-order valence-electron chi connectivity index (χ3n) is 4.65. The van der Waals surface area contributed by atoms with Gasteiger partial charge in [-0.3, -0.25) is 0 Å². The molecule has 0 saturated carbocycles. The average Bonchev–Trinajstić information content (AvgIpc) is 2.66. The zero-order chi connectivity index (χ0) is 21.1. The number of phenols is 1. The predicted octanol–water partition coefficient (Wildman–Crippen LogP) is 2.88. The molecule has 152 valence electrons. The molecule has 29 heavy (non-hydrogen) atoms. The van der Waals surface area contributed by atoms with Gasteiger partial charge in [-0.1, -0.05) is 38.1 Å². The van der Waals surface area contributed by atoms with Gasteiger partial charge >= 0.3 is 0 Å². The van der Waals surface area contributed by atoms with E-state index in [0.29, 0.717) is 11.4 Å². The molecule has 0 amide bonds. The van der Waals surface area contributed by atoms with Gasteiger partial charge < -0.3 is 9.84 Å². The summed E-state index contributed by atoms with van der Waals surface area (Å²) in [5.74, 6) is 0.633. The molecule has 3 rings (SSSR count). The Morgan fingerprint density at radius 3 is 2.17 bits per heavy atom. The zero-order valence-electron chi connectivity index (χ0n) is 16.2. The van der Waals surface area contributed by atoms with Crippen LogP contribution in [-0.4, -0.2) is 23.5 Å². The first-order valence-electron chi connectivity index (χ1n) is 8.97. The van der Waals surface area contributed by atoms with Crippen LogP contribution in [0.25, 0.3) is 0 Å². The maximum absolute atomic E-state index is 11.2. The minimum absolute atomic E-state index is 0.139. The molecule has 7 nitrogen and oxygen atoms in total. The van der Waals surface area contributed by atoms with Crippen LogP contribution in [0.4, 0.5) is 0 Å². The number of rotatable bonds is 7. The van der Waals surface area contributed by atoms with Gasteiger partial charge in [0.2, 0.25) is 10.0 Å². The Bertz CT molecular complexity index is 1080. The summed E-state index contributed by atoms with van der Waals surface area (Å²) in [5, 5.41) is 14.5. The maximum Gasteiger partial charge on any atom is 0.216 e. The lowest BCUT2D eigenvalue weighted by atomic mass is 9.78. The summed E-state index contributed by atoms with van der Waals surface area (Å²) >= 11 is 0. The summed E-state index contributed by atoms with van der Waals surface area (Å²) in [4.78, 5) is 8.07. The van der Waals surface area contributed by atoms with Gasteiger partial charge in [0.25, 0.3) is 0 Å². The van der Waals surface area contributed by atoms with Crippen LogP contribution in [0.15, 0.2) is 60.8 Å². The van der Waals surface area contributed by atoms with Crippen molar-refractivity contribution in [2.45, 2.75) is 31.6 Å². The van der Waals surface area contributed by atoms with E-state index in [2.05, 4.69) is 23.8 Å². The van der Waals surface area contributed by atoms with Crippen molar-refractivity contribution in [2.75, 3.05) is 0 Å². The van der Waals surface area contributed by atoms with Gasteiger partial charge in [-0.05, 0) is 41.5 Å². The van der Waals surface area contributed by atoms with Crippen molar-refractivity contribution in [3.8, 4) is 11.5 Å². The number of nitrogens with zero attached hydrogens (tertiary/aromatic N) is 2. The number of hydrogen-bond acceptors (Lipinski definition) is 6. The topological polar surface area (TPSA) is 115 Å². The second-order valence-electron chi connectivity index (χ2n) is 7.26. The van der Waals surface area contributed by atoms with Gasteiger partial charge in [0.15, 0.2) is 0 Å². The quantitative estimate of drug-likeness (QED) is 0.615. The molecule has 0 radical (unpaired) electrons. The first-order chi connectivity index (χ1) is 13.6. The summed E-state index contributed by atoms with van der Waals surface area (Å²) in [6, 6.07) is 16.6. The van der Waals surface area contributed by atoms with Crippen molar-refractivity contribution in [1.82, 2.24) is 9.97 Å². The lowest BCUT2D eigenvalue weighted by Crippen LogP contribution is -2.18. The molecule has 3 N–H and O–H groups in total. The fraction of sp³-hybridized carbons (Fsp3) is 0.238. The number of sulfonamides is 1. The Labute approximate surface area is 170 Å². The average molecular weight is 413 g/mol. The molecule has 0 aliphatic carbocycles. The van der Waals surface area contributed by atoms with Crippen LogP contribution < -0.4 is 9.88 Å². The molecule has 0 spiro atoms. The third kappa shape index (κ3) is 5.52. The Balaban J connectivity index is 1.68. The lowest BCUT2D eigenvalue weighted by molar-refractivity contribution is 0.300. The zero-order valence-corrected chi connectivity index (χ0v) is 17.1. The van der Waals surface area contributed by atoms with Gasteiger partial charge in [0, 0.05) is 11.6 Å². The molecule has 8 heteroatoms. The third-order valence-corrected chi connectivity index (χ3v) is 5.31. The van der Waals surface area contributed by atoms with Crippen LogP contribution in [0, 0.1) is 0 Å². The number of aromatic nitrogens is 2. The standard InChI is InChI=1S/C21H23N3O4S/c1-21(2,15-3-7-18(25)8-4-15)16-5-9-19(10-6-16)28-13-17-11-12-23-20(24-17)14-29(22,26)27/h3-12,25H,13-14H2,1-2H3,(H2,22,26,27). The minimum atomic E-state index is -3.68. The van der Waals surface area contributed by atoms with Crippen LogP contribution in [0.2, 0.25) is 0 Å². The Morgan fingerprint density at radius 1 is 1.00 bits per heavy atom. The molecule has 0 saturated heterocycles. The first-order valence-corrected chi connectivity index (χ1v) is 10.7. The summed E-state index contributed by atoms with van der Waals surface area (Å²) in [7, 11) is -3.68. The predicted molar refractivity (Wildman–Crippen MR) is 110 cm³/mol. The molecule has 1 aromatic heterocycles. The van der Waals surface area contributed by atoms with Crippen molar-refractivity contribution in [3.05, 3.63) is 83.4 Å². The fourth-order valence-corrected chi connectivity index (χ4v) is 3.44. The van der Waals surface area contributed by atoms with Crippen LogP contribution in [0.5, 0.6) is 11.5 Å². The number of ether oxygens (including phenoxy) is 1. The summed E-state index contributed by atoms with van der Waals surface area (Å²) in [5.41, 5.74) is 2.52. The van der Waals surface area contributed by atoms with E-state index in [1.54, 1.807) is 18.2 Å². The number of primary sulfonamides is 1. The van der Waals surface area contributed by atoms with Crippen molar-refractivity contribution >= 4 is 10.0 Å². The van der Waals surface area contributed by atoms with Gasteiger partial charge in [-0.15, -0.1) is 0 Å². The largest absolute Gasteiger partial charge is 0.508 e. The highest BCUT2D eigenvalue weighted by Crippen LogP contribution is 2.33.